The van der Waals surface area contributed by atoms with Crippen LogP contribution in [0.2, 0.25) is 0 Å². The molecule has 2 heterocycles. The minimum Gasteiger partial charge on any atom is -0.397 e. The van der Waals surface area contributed by atoms with Crippen molar-refractivity contribution in [3.63, 3.8) is 0 Å². The first-order valence-electron chi connectivity index (χ1n) is 8.85. The molecule has 0 radical (unpaired) electrons. The molecule has 12 heteroatoms. The van der Waals surface area contributed by atoms with Crippen molar-refractivity contribution < 1.29 is 13.0 Å². The second kappa shape index (κ2) is 7.58. The number of nitrogens with zero attached hydrogens (tertiary/aromatic N) is 4. The fraction of sp³-hybridized carbons (Fsp3) is 0.0526. The van der Waals surface area contributed by atoms with E-state index in [0.29, 0.717) is 26.5 Å². The molecule has 0 bridgehead atoms. The number of thiazole rings is 1. The molecule has 0 atom stereocenters. The van der Waals surface area contributed by atoms with Crippen LogP contribution in [-0.4, -0.2) is 22.9 Å². The minimum absolute atomic E-state index is 0.0808. The first kappa shape index (κ1) is 20.7. The Morgan fingerprint density at radius 1 is 1.00 bits per heavy atom. The standard InChI is InChI=1S/C19H17N7O3S2/c1-9-2-7-13-16(17(9)31(27,28)29)30-19(23-13)10-3-5-11(6-4-10)25-26-15-12(20)8-14(21)24-18(15)22/h2-8H,1H3,(H,27,28,29)(H6,20,21,22,24). The van der Waals surface area contributed by atoms with Gasteiger partial charge in [-0.1, -0.05) is 6.07 Å². The third-order valence-electron chi connectivity index (χ3n) is 4.42. The molecule has 0 aliphatic rings. The van der Waals surface area contributed by atoms with Gasteiger partial charge in [0.15, 0.2) is 11.5 Å². The highest BCUT2D eigenvalue weighted by Crippen LogP contribution is 2.36. The summed E-state index contributed by atoms with van der Waals surface area (Å²) in [7, 11) is -4.37. The number of rotatable bonds is 4. The zero-order valence-electron chi connectivity index (χ0n) is 16.1. The van der Waals surface area contributed by atoms with Crippen molar-refractivity contribution in [3.05, 3.63) is 48.0 Å². The lowest BCUT2D eigenvalue weighted by molar-refractivity contribution is 0.484. The highest BCUT2D eigenvalue weighted by atomic mass is 32.2. The van der Waals surface area contributed by atoms with E-state index >= 15 is 0 Å². The number of aryl methyl sites for hydroxylation is 1. The number of fused-ring (bicyclic) bond motifs is 1. The Morgan fingerprint density at radius 3 is 2.35 bits per heavy atom. The predicted molar refractivity (Wildman–Crippen MR) is 121 cm³/mol. The Balaban J connectivity index is 1.67. The highest BCUT2D eigenvalue weighted by molar-refractivity contribution is 7.86. The summed E-state index contributed by atoms with van der Waals surface area (Å²) < 4.78 is 33.6. The van der Waals surface area contributed by atoms with Gasteiger partial charge in [0, 0.05) is 11.6 Å². The van der Waals surface area contributed by atoms with Crippen LogP contribution in [0.25, 0.3) is 20.8 Å². The summed E-state index contributed by atoms with van der Waals surface area (Å²) in [6, 6.07) is 11.8. The summed E-state index contributed by atoms with van der Waals surface area (Å²) >= 11 is 1.18. The second-order valence-corrected chi connectivity index (χ2v) is 9.03. The van der Waals surface area contributed by atoms with Crippen LogP contribution in [0.5, 0.6) is 0 Å². The van der Waals surface area contributed by atoms with Crippen molar-refractivity contribution in [2.45, 2.75) is 11.8 Å². The van der Waals surface area contributed by atoms with Crippen molar-refractivity contribution in [1.82, 2.24) is 9.97 Å². The molecule has 7 N–H and O–H groups in total. The maximum atomic E-state index is 11.8. The summed E-state index contributed by atoms with van der Waals surface area (Å²) in [4.78, 5) is 8.28. The van der Waals surface area contributed by atoms with Crippen LogP contribution in [0.3, 0.4) is 0 Å². The van der Waals surface area contributed by atoms with Gasteiger partial charge in [0.05, 0.1) is 21.6 Å². The van der Waals surface area contributed by atoms with E-state index in [-0.39, 0.29) is 27.9 Å². The maximum Gasteiger partial charge on any atom is 0.296 e. The van der Waals surface area contributed by atoms with Crippen LogP contribution in [0, 0.1) is 6.92 Å². The van der Waals surface area contributed by atoms with Gasteiger partial charge in [-0.2, -0.15) is 13.5 Å². The molecule has 4 rings (SSSR count). The predicted octanol–water partition coefficient (Wildman–Crippen LogP) is 4.08. The first-order chi connectivity index (χ1) is 14.6. The normalized spacial score (nSPS) is 12.1. The highest BCUT2D eigenvalue weighted by Gasteiger charge is 2.20. The number of hydrogen-bond acceptors (Lipinski definition) is 10. The number of pyridine rings is 1. The van der Waals surface area contributed by atoms with Crippen molar-refractivity contribution in [2.75, 3.05) is 17.2 Å². The Labute approximate surface area is 181 Å². The van der Waals surface area contributed by atoms with Gasteiger partial charge in [-0.3, -0.25) is 4.55 Å². The number of azo groups is 1. The lowest BCUT2D eigenvalue weighted by Gasteiger charge is -2.03. The second-order valence-electron chi connectivity index (χ2n) is 6.67. The average molecular weight is 456 g/mol. The molecule has 10 nitrogen and oxygen atoms in total. The number of nitrogens with two attached hydrogens (primary N) is 3. The molecule has 0 unspecified atom stereocenters. The Hall–Kier alpha value is -3.61. The van der Waals surface area contributed by atoms with Crippen LogP contribution in [0.1, 0.15) is 5.56 Å². The van der Waals surface area contributed by atoms with E-state index < -0.39 is 10.1 Å². The minimum atomic E-state index is -4.37. The van der Waals surface area contributed by atoms with Crippen molar-refractivity contribution in [2.24, 2.45) is 10.2 Å². The third-order valence-corrected chi connectivity index (χ3v) is 6.72. The number of benzene rings is 2. The number of aromatic nitrogens is 2. The van der Waals surface area contributed by atoms with E-state index in [0.717, 1.165) is 5.56 Å². The summed E-state index contributed by atoms with van der Waals surface area (Å²) in [5, 5.41) is 8.77. The lowest BCUT2D eigenvalue weighted by Crippen LogP contribution is -2.00. The van der Waals surface area contributed by atoms with Crippen molar-refractivity contribution in [3.8, 4) is 10.6 Å². The summed E-state index contributed by atoms with van der Waals surface area (Å²) in [5.74, 6) is 0.277. The molecule has 0 spiro atoms. The topological polar surface area (TPSA) is 183 Å². The van der Waals surface area contributed by atoms with E-state index in [1.54, 1.807) is 43.3 Å². The van der Waals surface area contributed by atoms with E-state index in [9.17, 15) is 13.0 Å². The molecular weight excluding hydrogens is 438 g/mol. The first-order valence-corrected chi connectivity index (χ1v) is 11.1. The molecule has 31 heavy (non-hydrogen) atoms. The summed E-state index contributed by atoms with van der Waals surface area (Å²) in [5.41, 5.74) is 20.0. The quantitative estimate of drug-likeness (QED) is 0.262. The van der Waals surface area contributed by atoms with Gasteiger partial charge < -0.3 is 17.2 Å². The zero-order valence-corrected chi connectivity index (χ0v) is 17.8. The largest absolute Gasteiger partial charge is 0.397 e. The van der Waals surface area contributed by atoms with E-state index in [1.807, 2.05) is 0 Å². The summed E-state index contributed by atoms with van der Waals surface area (Å²) in [6.07, 6.45) is 0. The third kappa shape index (κ3) is 4.03. The van der Waals surface area contributed by atoms with Crippen LogP contribution in [0.15, 0.2) is 57.6 Å². The van der Waals surface area contributed by atoms with Crippen LogP contribution >= 0.6 is 11.3 Å². The number of hydrogen-bond donors (Lipinski definition) is 4. The van der Waals surface area contributed by atoms with Gasteiger partial charge in [0.2, 0.25) is 0 Å². The van der Waals surface area contributed by atoms with Gasteiger partial charge in [-0.05, 0) is 42.8 Å². The molecular formula is C19H17N7O3S2. The molecule has 2 aromatic carbocycles. The van der Waals surface area contributed by atoms with Crippen LogP contribution < -0.4 is 17.2 Å². The average Bonchev–Trinajstić information content (AvgIpc) is 3.10. The lowest BCUT2D eigenvalue weighted by atomic mass is 10.2. The monoisotopic (exact) mass is 455 g/mol. The van der Waals surface area contributed by atoms with E-state index in [2.05, 4.69) is 20.2 Å². The molecule has 0 aliphatic heterocycles. The van der Waals surface area contributed by atoms with Gasteiger partial charge in [-0.25, -0.2) is 9.97 Å². The van der Waals surface area contributed by atoms with Crippen molar-refractivity contribution >= 4 is 60.4 Å². The fourth-order valence-electron chi connectivity index (χ4n) is 3.00. The summed E-state index contributed by atoms with van der Waals surface area (Å²) in [6.45, 7) is 1.62. The van der Waals surface area contributed by atoms with E-state index in [4.69, 9.17) is 17.2 Å². The molecule has 4 aromatic rings. The molecule has 0 saturated carbocycles. The number of anilines is 3. The molecule has 0 amide bonds. The molecule has 0 aliphatic carbocycles. The molecule has 2 aromatic heterocycles. The smallest absolute Gasteiger partial charge is 0.296 e. The van der Waals surface area contributed by atoms with Gasteiger partial charge >= 0.3 is 0 Å². The van der Waals surface area contributed by atoms with E-state index in [1.165, 1.54) is 17.4 Å². The fourth-order valence-corrected chi connectivity index (χ4v) is 5.32. The Kier molecular flexibility index (Phi) is 5.05. The SMILES string of the molecule is Cc1ccc2nc(-c3ccc(N=Nc4c(N)cc(N)nc4N)cc3)sc2c1S(=O)(=O)O. The molecule has 0 fully saturated rings. The van der Waals surface area contributed by atoms with Gasteiger partial charge in [0.1, 0.15) is 15.7 Å². The Morgan fingerprint density at radius 2 is 1.71 bits per heavy atom. The molecule has 0 saturated heterocycles. The zero-order chi connectivity index (χ0) is 22.3. The van der Waals surface area contributed by atoms with Crippen molar-refractivity contribution in [1.29, 1.82) is 0 Å². The Bertz CT molecular complexity index is 1420. The maximum absolute atomic E-state index is 11.8. The number of nitrogen functional groups attached to an aromatic ring is 3. The van der Waals surface area contributed by atoms with Crippen LogP contribution in [-0.2, 0) is 10.1 Å². The van der Waals surface area contributed by atoms with Crippen LogP contribution in [0.4, 0.5) is 28.7 Å². The van der Waals surface area contributed by atoms with Gasteiger partial charge in [-0.15, -0.1) is 16.5 Å². The molecule has 158 valence electrons. The van der Waals surface area contributed by atoms with Gasteiger partial charge in [0.25, 0.3) is 10.1 Å².